The number of nitrogens with zero attached hydrogens (tertiary/aromatic N) is 1. The van der Waals surface area contributed by atoms with Crippen molar-refractivity contribution in [2.24, 2.45) is 5.73 Å². The van der Waals surface area contributed by atoms with Gasteiger partial charge >= 0.3 is 0 Å². The summed E-state index contributed by atoms with van der Waals surface area (Å²) in [5.41, 5.74) is 5.37. The van der Waals surface area contributed by atoms with Gasteiger partial charge in [-0.2, -0.15) is 4.31 Å². The van der Waals surface area contributed by atoms with E-state index in [0.29, 0.717) is 44.0 Å². The van der Waals surface area contributed by atoms with E-state index in [1.807, 2.05) is 0 Å². The Kier molecular flexibility index (Phi) is 6.03. The SMILES string of the molecule is COc1ccc(S(=O)(=O)N2CCCC2C(=O)NCCN)cc1OC. The molecule has 1 aromatic carbocycles. The molecule has 1 aliphatic rings. The lowest BCUT2D eigenvalue weighted by atomic mass is 10.2. The van der Waals surface area contributed by atoms with Crippen LogP contribution in [0, 0.1) is 0 Å². The number of nitrogens with one attached hydrogen (secondary N) is 1. The Hall–Kier alpha value is -1.84. The molecule has 1 atom stereocenters. The van der Waals surface area contributed by atoms with Crippen molar-refractivity contribution in [3.05, 3.63) is 18.2 Å². The van der Waals surface area contributed by atoms with Crippen LogP contribution in [0.2, 0.25) is 0 Å². The van der Waals surface area contributed by atoms with Crippen molar-refractivity contribution >= 4 is 15.9 Å². The molecule has 134 valence electrons. The first kappa shape index (κ1) is 18.5. The molecule has 1 unspecified atom stereocenters. The number of carbonyl (C=O) groups excluding carboxylic acids is 1. The predicted octanol–water partition coefficient (Wildman–Crippen LogP) is -0.0682. The van der Waals surface area contributed by atoms with Crippen LogP contribution in [0.15, 0.2) is 23.1 Å². The van der Waals surface area contributed by atoms with Gasteiger partial charge in [0.1, 0.15) is 6.04 Å². The van der Waals surface area contributed by atoms with Crippen LogP contribution in [-0.4, -0.2) is 58.5 Å². The summed E-state index contributed by atoms with van der Waals surface area (Å²) >= 11 is 0. The van der Waals surface area contributed by atoms with E-state index in [1.165, 1.54) is 36.7 Å². The maximum Gasteiger partial charge on any atom is 0.243 e. The fourth-order valence-electron chi connectivity index (χ4n) is 2.72. The van der Waals surface area contributed by atoms with Crippen LogP contribution in [0.4, 0.5) is 0 Å². The lowest BCUT2D eigenvalue weighted by Crippen LogP contribution is -2.46. The molecule has 1 aliphatic heterocycles. The third-order valence-electron chi connectivity index (χ3n) is 3.91. The third-order valence-corrected chi connectivity index (χ3v) is 5.82. The molecule has 1 amide bonds. The molecule has 3 N–H and O–H groups in total. The number of ether oxygens (including phenoxy) is 2. The van der Waals surface area contributed by atoms with Crippen molar-refractivity contribution in [1.82, 2.24) is 9.62 Å². The third kappa shape index (κ3) is 3.63. The highest BCUT2D eigenvalue weighted by Gasteiger charge is 2.39. The Bertz CT molecular complexity index is 692. The smallest absolute Gasteiger partial charge is 0.243 e. The molecule has 24 heavy (non-hydrogen) atoms. The molecule has 1 fully saturated rings. The maximum absolute atomic E-state index is 12.9. The molecule has 0 saturated carbocycles. The van der Waals surface area contributed by atoms with Gasteiger partial charge in [-0.3, -0.25) is 4.79 Å². The minimum atomic E-state index is -3.81. The number of rotatable bonds is 7. The fourth-order valence-corrected chi connectivity index (χ4v) is 4.39. The molecule has 1 aromatic rings. The van der Waals surface area contributed by atoms with E-state index in [9.17, 15) is 13.2 Å². The van der Waals surface area contributed by atoms with Gasteiger partial charge in [0.2, 0.25) is 15.9 Å². The van der Waals surface area contributed by atoms with E-state index in [-0.39, 0.29) is 10.8 Å². The van der Waals surface area contributed by atoms with Crippen molar-refractivity contribution in [1.29, 1.82) is 0 Å². The highest BCUT2D eigenvalue weighted by atomic mass is 32.2. The van der Waals surface area contributed by atoms with Crippen LogP contribution >= 0.6 is 0 Å². The number of carbonyl (C=O) groups is 1. The second kappa shape index (κ2) is 7.82. The average molecular weight is 357 g/mol. The Labute approximate surface area is 142 Å². The van der Waals surface area contributed by atoms with Gasteiger partial charge in [0.25, 0.3) is 0 Å². The molecule has 0 bridgehead atoms. The Balaban J connectivity index is 2.30. The first-order chi connectivity index (χ1) is 11.5. The second-order valence-electron chi connectivity index (χ2n) is 5.37. The molecular weight excluding hydrogens is 334 g/mol. The summed E-state index contributed by atoms with van der Waals surface area (Å²) in [6.45, 7) is 0.928. The van der Waals surface area contributed by atoms with E-state index >= 15 is 0 Å². The van der Waals surface area contributed by atoms with Crippen molar-refractivity contribution in [3.63, 3.8) is 0 Å². The second-order valence-corrected chi connectivity index (χ2v) is 7.26. The van der Waals surface area contributed by atoms with Crippen LogP contribution in [0.5, 0.6) is 11.5 Å². The van der Waals surface area contributed by atoms with Gasteiger partial charge in [0, 0.05) is 25.7 Å². The summed E-state index contributed by atoms with van der Waals surface area (Å²) in [6, 6.07) is 3.67. The van der Waals surface area contributed by atoms with Gasteiger partial charge in [-0.05, 0) is 25.0 Å². The van der Waals surface area contributed by atoms with Gasteiger partial charge in [0.05, 0.1) is 19.1 Å². The zero-order valence-corrected chi connectivity index (χ0v) is 14.6. The molecule has 0 radical (unpaired) electrons. The summed E-state index contributed by atoms with van der Waals surface area (Å²) in [5, 5.41) is 2.65. The van der Waals surface area contributed by atoms with Crippen molar-refractivity contribution in [2.45, 2.75) is 23.8 Å². The van der Waals surface area contributed by atoms with Gasteiger partial charge < -0.3 is 20.5 Å². The lowest BCUT2D eigenvalue weighted by molar-refractivity contribution is -0.124. The first-order valence-corrected chi connectivity index (χ1v) is 9.11. The summed E-state index contributed by atoms with van der Waals surface area (Å²) < 4.78 is 37.4. The quantitative estimate of drug-likeness (QED) is 0.707. The van der Waals surface area contributed by atoms with E-state index in [4.69, 9.17) is 15.2 Å². The van der Waals surface area contributed by atoms with Crippen LogP contribution in [0.25, 0.3) is 0 Å². The van der Waals surface area contributed by atoms with Crippen molar-refractivity contribution < 1.29 is 22.7 Å². The Morgan fingerprint density at radius 2 is 2.04 bits per heavy atom. The number of methoxy groups -OCH3 is 2. The van der Waals surface area contributed by atoms with Crippen LogP contribution in [0.1, 0.15) is 12.8 Å². The summed E-state index contributed by atoms with van der Waals surface area (Å²) in [6.07, 6.45) is 1.12. The molecule has 8 nitrogen and oxygen atoms in total. The zero-order valence-electron chi connectivity index (χ0n) is 13.8. The molecule has 0 aliphatic carbocycles. The van der Waals surface area contributed by atoms with Gasteiger partial charge in [-0.15, -0.1) is 0 Å². The number of hydrogen-bond donors (Lipinski definition) is 2. The molecule has 0 spiro atoms. The van der Waals surface area contributed by atoms with Crippen molar-refractivity contribution in [2.75, 3.05) is 33.9 Å². The van der Waals surface area contributed by atoms with E-state index in [1.54, 1.807) is 0 Å². The van der Waals surface area contributed by atoms with Gasteiger partial charge in [-0.25, -0.2) is 8.42 Å². The highest BCUT2D eigenvalue weighted by Crippen LogP contribution is 2.32. The van der Waals surface area contributed by atoms with Crippen LogP contribution in [0.3, 0.4) is 0 Å². The molecule has 1 heterocycles. The highest BCUT2D eigenvalue weighted by molar-refractivity contribution is 7.89. The summed E-state index contributed by atoms with van der Waals surface area (Å²) in [4.78, 5) is 12.3. The molecule has 9 heteroatoms. The number of sulfonamides is 1. The van der Waals surface area contributed by atoms with Gasteiger partial charge in [0.15, 0.2) is 11.5 Å². The maximum atomic E-state index is 12.9. The van der Waals surface area contributed by atoms with Crippen molar-refractivity contribution in [3.8, 4) is 11.5 Å². The number of nitrogens with two attached hydrogens (primary N) is 1. The standard InChI is InChI=1S/C15H23N3O5S/c1-22-13-6-5-11(10-14(13)23-2)24(20,21)18-9-3-4-12(18)15(19)17-8-7-16/h5-6,10,12H,3-4,7-9,16H2,1-2H3,(H,17,19). The minimum absolute atomic E-state index is 0.0682. The normalized spacial score (nSPS) is 18.4. The van der Waals surface area contributed by atoms with E-state index in [0.717, 1.165) is 0 Å². The molecule has 2 rings (SSSR count). The summed E-state index contributed by atoms with van der Waals surface area (Å²) in [5.74, 6) is 0.444. The minimum Gasteiger partial charge on any atom is -0.493 e. The fraction of sp³-hybridized carbons (Fsp3) is 0.533. The largest absolute Gasteiger partial charge is 0.493 e. The summed E-state index contributed by atoms with van der Waals surface area (Å²) in [7, 11) is -0.896. The first-order valence-electron chi connectivity index (χ1n) is 7.67. The van der Waals surface area contributed by atoms with E-state index < -0.39 is 16.1 Å². The number of benzene rings is 1. The van der Waals surface area contributed by atoms with E-state index in [2.05, 4.69) is 5.32 Å². The number of amides is 1. The monoisotopic (exact) mass is 357 g/mol. The van der Waals surface area contributed by atoms with Crippen LogP contribution in [-0.2, 0) is 14.8 Å². The lowest BCUT2D eigenvalue weighted by Gasteiger charge is -2.23. The van der Waals surface area contributed by atoms with Crippen LogP contribution < -0.4 is 20.5 Å². The molecule has 0 aromatic heterocycles. The van der Waals surface area contributed by atoms with Gasteiger partial charge in [-0.1, -0.05) is 0 Å². The zero-order chi connectivity index (χ0) is 17.7. The average Bonchev–Trinajstić information content (AvgIpc) is 3.09. The topological polar surface area (TPSA) is 111 Å². The molecule has 1 saturated heterocycles. The number of hydrogen-bond acceptors (Lipinski definition) is 6. The Morgan fingerprint density at radius 3 is 2.67 bits per heavy atom. The predicted molar refractivity (Wildman–Crippen MR) is 88.5 cm³/mol. The Morgan fingerprint density at radius 1 is 1.33 bits per heavy atom. The molecular formula is C15H23N3O5S.